The van der Waals surface area contributed by atoms with Gasteiger partial charge in [0.05, 0.1) is 23.3 Å². The van der Waals surface area contributed by atoms with Crippen LogP contribution in [0.2, 0.25) is 0 Å². The maximum absolute atomic E-state index is 8.94. The molecule has 0 aliphatic rings. The highest BCUT2D eigenvalue weighted by Gasteiger charge is 2.04. The van der Waals surface area contributed by atoms with Crippen LogP contribution in [0, 0.1) is 29.6 Å². The lowest BCUT2D eigenvalue weighted by molar-refractivity contribution is 1.42. The molecule has 0 fully saturated rings. The summed E-state index contributed by atoms with van der Waals surface area (Å²) < 4.78 is 0. The summed E-state index contributed by atoms with van der Waals surface area (Å²) in [6, 6.07) is 17.3. The van der Waals surface area contributed by atoms with Crippen molar-refractivity contribution in [1.82, 2.24) is 0 Å². The molecule has 0 aliphatic carbocycles. The molecule has 0 N–H and O–H groups in total. The lowest BCUT2D eigenvalue weighted by atomic mass is 9.97. The Hall–Kier alpha value is -2.58. The highest BCUT2D eigenvalue weighted by molar-refractivity contribution is 5.70. The summed E-state index contributed by atoms with van der Waals surface area (Å²) in [4.78, 5) is 0. The summed E-state index contributed by atoms with van der Waals surface area (Å²) in [5, 5.41) is 17.9. The fourth-order valence-corrected chi connectivity index (χ4v) is 1.81. The maximum atomic E-state index is 8.94. The molecule has 0 unspecified atom stereocenters. The molecule has 2 heteroatoms. The van der Waals surface area contributed by atoms with Crippen molar-refractivity contribution >= 4 is 0 Å². The van der Waals surface area contributed by atoms with E-state index in [-0.39, 0.29) is 0 Å². The Labute approximate surface area is 100 Å². The Balaban J connectivity index is 2.65. The lowest BCUT2D eigenvalue weighted by Gasteiger charge is -2.06. The first-order valence-electron chi connectivity index (χ1n) is 5.26. The zero-order valence-electron chi connectivity index (χ0n) is 9.44. The zero-order chi connectivity index (χ0) is 12.3. The van der Waals surface area contributed by atoms with E-state index in [0.717, 1.165) is 16.7 Å². The molecule has 0 atom stereocenters. The first-order valence-corrected chi connectivity index (χ1v) is 5.26. The van der Waals surface area contributed by atoms with Gasteiger partial charge in [-0.05, 0) is 41.8 Å². The Morgan fingerprint density at radius 2 is 1.47 bits per heavy atom. The Morgan fingerprint density at radius 1 is 0.882 bits per heavy atom. The molecule has 0 aromatic heterocycles. The normalized spacial score (nSPS) is 9.35. The number of nitriles is 2. The largest absolute Gasteiger partial charge is 0.192 e. The standard InChI is InChI=1S/C15H10N2/c1-11-4-2-3-5-15(11)14-7-12(9-16)6-13(8-14)10-17/h2-8H,1H3. The first kappa shape index (κ1) is 10.9. The molecular formula is C15H10N2. The maximum Gasteiger partial charge on any atom is 0.0992 e. The van der Waals surface area contributed by atoms with Crippen molar-refractivity contribution in [2.45, 2.75) is 6.92 Å². The second kappa shape index (κ2) is 4.51. The monoisotopic (exact) mass is 218 g/mol. The second-order valence-corrected chi connectivity index (χ2v) is 3.84. The van der Waals surface area contributed by atoms with Crippen molar-refractivity contribution in [3.05, 3.63) is 59.2 Å². The molecule has 2 rings (SSSR count). The van der Waals surface area contributed by atoms with Gasteiger partial charge >= 0.3 is 0 Å². The number of nitrogens with zero attached hydrogens (tertiary/aromatic N) is 2. The second-order valence-electron chi connectivity index (χ2n) is 3.84. The molecule has 0 bridgehead atoms. The fourth-order valence-electron chi connectivity index (χ4n) is 1.81. The van der Waals surface area contributed by atoms with Crippen LogP contribution in [0.1, 0.15) is 16.7 Å². The highest BCUT2D eigenvalue weighted by atomic mass is 14.3. The van der Waals surface area contributed by atoms with Crippen LogP contribution in [0.3, 0.4) is 0 Å². The third-order valence-corrected chi connectivity index (χ3v) is 2.65. The third kappa shape index (κ3) is 2.17. The molecule has 0 saturated carbocycles. The smallest absolute Gasteiger partial charge is 0.0992 e. The quantitative estimate of drug-likeness (QED) is 0.736. The van der Waals surface area contributed by atoms with Crippen LogP contribution < -0.4 is 0 Å². The van der Waals surface area contributed by atoms with Crippen molar-refractivity contribution in [3.63, 3.8) is 0 Å². The molecule has 17 heavy (non-hydrogen) atoms. The van der Waals surface area contributed by atoms with Crippen LogP contribution >= 0.6 is 0 Å². The number of rotatable bonds is 1. The van der Waals surface area contributed by atoms with Gasteiger partial charge in [-0.2, -0.15) is 10.5 Å². The van der Waals surface area contributed by atoms with Crippen LogP contribution in [0.15, 0.2) is 42.5 Å². The third-order valence-electron chi connectivity index (χ3n) is 2.65. The van der Waals surface area contributed by atoms with Gasteiger partial charge < -0.3 is 0 Å². The van der Waals surface area contributed by atoms with Gasteiger partial charge in [-0.1, -0.05) is 24.3 Å². The van der Waals surface area contributed by atoms with E-state index in [1.54, 1.807) is 6.07 Å². The molecule has 0 radical (unpaired) electrons. The van der Waals surface area contributed by atoms with Crippen molar-refractivity contribution in [1.29, 1.82) is 10.5 Å². The number of hydrogen-bond donors (Lipinski definition) is 0. The Bertz CT molecular complexity index is 610. The molecular weight excluding hydrogens is 208 g/mol. The Kier molecular flexibility index (Phi) is 2.90. The fraction of sp³-hybridized carbons (Fsp3) is 0.0667. The van der Waals surface area contributed by atoms with Crippen LogP contribution in [0.25, 0.3) is 11.1 Å². The average molecular weight is 218 g/mol. The minimum absolute atomic E-state index is 0.516. The van der Waals surface area contributed by atoms with Crippen LogP contribution in [0.5, 0.6) is 0 Å². The van der Waals surface area contributed by atoms with Gasteiger partial charge in [0.1, 0.15) is 0 Å². The van der Waals surface area contributed by atoms with Crippen molar-refractivity contribution < 1.29 is 0 Å². The van der Waals surface area contributed by atoms with Gasteiger partial charge in [-0.15, -0.1) is 0 Å². The molecule has 0 saturated heterocycles. The summed E-state index contributed by atoms with van der Waals surface area (Å²) >= 11 is 0. The molecule has 2 nitrogen and oxygen atoms in total. The van der Waals surface area contributed by atoms with Gasteiger partial charge in [0.25, 0.3) is 0 Å². The number of benzene rings is 2. The van der Waals surface area contributed by atoms with Gasteiger partial charge in [0.15, 0.2) is 0 Å². The van der Waals surface area contributed by atoms with Crippen molar-refractivity contribution in [2.24, 2.45) is 0 Å². The van der Waals surface area contributed by atoms with Gasteiger partial charge in [-0.3, -0.25) is 0 Å². The van der Waals surface area contributed by atoms with Crippen molar-refractivity contribution in [3.8, 4) is 23.3 Å². The van der Waals surface area contributed by atoms with E-state index in [2.05, 4.69) is 12.1 Å². The number of hydrogen-bond acceptors (Lipinski definition) is 2. The zero-order valence-corrected chi connectivity index (χ0v) is 9.44. The molecule has 0 heterocycles. The van der Waals surface area contributed by atoms with E-state index in [1.807, 2.05) is 43.3 Å². The van der Waals surface area contributed by atoms with E-state index in [9.17, 15) is 0 Å². The van der Waals surface area contributed by atoms with E-state index < -0.39 is 0 Å². The molecule has 2 aromatic carbocycles. The predicted octanol–water partition coefficient (Wildman–Crippen LogP) is 3.41. The molecule has 0 amide bonds. The lowest BCUT2D eigenvalue weighted by Crippen LogP contribution is -1.86. The number of aryl methyl sites for hydroxylation is 1. The topological polar surface area (TPSA) is 47.6 Å². The summed E-state index contributed by atoms with van der Waals surface area (Å²) in [6.07, 6.45) is 0. The average Bonchev–Trinajstić information content (AvgIpc) is 2.38. The van der Waals surface area contributed by atoms with Crippen molar-refractivity contribution in [2.75, 3.05) is 0 Å². The summed E-state index contributed by atoms with van der Waals surface area (Å²) in [7, 11) is 0. The summed E-state index contributed by atoms with van der Waals surface area (Å²) in [5.74, 6) is 0. The van der Waals surface area contributed by atoms with E-state index in [4.69, 9.17) is 10.5 Å². The molecule has 0 aliphatic heterocycles. The SMILES string of the molecule is Cc1ccccc1-c1cc(C#N)cc(C#N)c1. The molecule has 80 valence electrons. The summed E-state index contributed by atoms with van der Waals surface area (Å²) in [6.45, 7) is 2.01. The van der Waals surface area contributed by atoms with Crippen LogP contribution in [0.4, 0.5) is 0 Å². The summed E-state index contributed by atoms with van der Waals surface area (Å²) in [5.41, 5.74) is 4.14. The molecule has 2 aromatic rings. The van der Waals surface area contributed by atoms with Crippen LogP contribution in [-0.4, -0.2) is 0 Å². The highest BCUT2D eigenvalue weighted by Crippen LogP contribution is 2.25. The van der Waals surface area contributed by atoms with Crippen LogP contribution in [-0.2, 0) is 0 Å². The Morgan fingerprint density at radius 3 is 2.00 bits per heavy atom. The minimum Gasteiger partial charge on any atom is -0.192 e. The van der Waals surface area contributed by atoms with Gasteiger partial charge in [-0.25, -0.2) is 0 Å². The minimum atomic E-state index is 0.516. The molecule has 0 spiro atoms. The van der Waals surface area contributed by atoms with Gasteiger partial charge in [0, 0.05) is 0 Å². The van der Waals surface area contributed by atoms with E-state index in [0.29, 0.717) is 11.1 Å². The van der Waals surface area contributed by atoms with Gasteiger partial charge in [0.2, 0.25) is 0 Å². The van der Waals surface area contributed by atoms with E-state index >= 15 is 0 Å². The van der Waals surface area contributed by atoms with E-state index in [1.165, 1.54) is 0 Å². The first-order chi connectivity index (χ1) is 8.24. The predicted molar refractivity (Wildman–Crippen MR) is 66.0 cm³/mol.